The molecule has 2 N–H and O–H groups in total. The Labute approximate surface area is 229 Å². The van der Waals surface area contributed by atoms with Crippen LogP contribution in [0.3, 0.4) is 0 Å². The van der Waals surface area contributed by atoms with Gasteiger partial charge in [-0.1, -0.05) is 26.0 Å². The molecular weight excluding hydrogens is 519 g/mol. The van der Waals surface area contributed by atoms with Crippen molar-refractivity contribution in [3.63, 3.8) is 0 Å². The summed E-state index contributed by atoms with van der Waals surface area (Å²) in [4.78, 5) is 36.5. The number of benzene rings is 2. The van der Waals surface area contributed by atoms with Gasteiger partial charge in [-0.25, -0.2) is 14.4 Å². The van der Waals surface area contributed by atoms with E-state index in [1.807, 2.05) is 13.8 Å². The van der Waals surface area contributed by atoms with Crippen LogP contribution in [0.2, 0.25) is 0 Å². The molecule has 1 fully saturated rings. The number of halogens is 1. The minimum atomic E-state index is -0.831. The number of carbonyl (C=O) groups is 2. The lowest BCUT2D eigenvalue weighted by Gasteiger charge is -2.35. The lowest BCUT2D eigenvalue weighted by Crippen LogP contribution is -2.53. The average molecular weight is 549 g/mol. The van der Waals surface area contributed by atoms with E-state index < -0.39 is 23.6 Å². The van der Waals surface area contributed by atoms with Crippen LogP contribution in [0.1, 0.15) is 43.1 Å². The third-order valence-corrected chi connectivity index (χ3v) is 6.73. The Morgan fingerprint density at radius 1 is 1.10 bits per heavy atom. The fourth-order valence-corrected chi connectivity index (χ4v) is 4.61. The second-order valence-electron chi connectivity index (χ2n) is 9.99. The molecule has 0 bridgehead atoms. The Morgan fingerprint density at radius 3 is 2.45 bits per heavy atom. The zero-order chi connectivity index (χ0) is 28.4. The van der Waals surface area contributed by atoms with Crippen molar-refractivity contribution >= 4 is 22.8 Å². The number of carbonyl (C=O) groups excluding carboxylic acids is 2. The highest BCUT2D eigenvalue weighted by Gasteiger charge is 2.33. The summed E-state index contributed by atoms with van der Waals surface area (Å²) in [5, 5.41) is 20.8. The number of aryl methyl sites for hydroxylation is 1. The summed E-state index contributed by atoms with van der Waals surface area (Å²) >= 11 is 0. The van der Waals surface area contributed by atoms with E-state index >= 15 is 0 Å². The number of hydrogen-bond acceptors (Lipinski definition) is 9. The lowest BCUT2D eigenvalue weighted by atomic mass is 10.00. The van der Waals surface area contributed by atoms with Crippen LogP contribution < -0.4 is 10.1 Å². The molecule has 3 heterocycles. The van der Waals surface area contributed by atoms with Crippen molar-refractivity contribution in [1.82, 2.24) is 30.4 Å². The number of hydrogen-bond donors (Lipinski definition) is 2. The number of para-hydroxylation sites is 2. The molecule has 1 aliphatic heterocycles. The number of fused-ring (bicyclic) bond motifs is 1. The number of piperidine rings is 1. The first kappa shape index (κ1) is 27.0. The molecule has 0 unspecified atom stereocenters. The van der Waals surface area contributed by atoms with Crippen molar-refractivity contribution in [2.75, 3.05) is 13.1 Å². The normalized spacial score (nSPS) is 14.9. The highest BCUT2D eigenvalue weighted by atomic mass is 19.1. The van der Waals surface area contributed by atoms with Gasteiger partial charge in [0.15, 0.2) is 5.69 Å². The maximum absolute atomic E-state index is 13.9. The standard InChI is InChI=1S/C28H29FN6O5/c1-15(2)23(32-26(37)24-25(36)31-21-7-5-4-6-20(21)30-24)28(38)35-12-10-18(11-13-35)40-22-9-8-17(29)14-19(22)27-34-33-16(3)39-27/h4-9,14-15,18,23H,10-13H2,1-3H3,(H,31,36)(H,32,37)/t23-/m0/s1. The highest BCUT2D eigenvalue weighted by molar-refractivity contribution is 5.99. The van der Waals surface area contributed by atoms with Crippen molar-refractivity contribution < 1.29 is 28.2 Å². The number of aromatic hydroxyl groups is 1. The Bertz CT molecular complexity index is 1550. The Kier molecular flexibility index (Phi) is 7.58. The summed E-state index contributed by atoms with van der Waals surface area (Å²) in [6.45, 7) is 6.12. The molecule has 0 aliphatic carbocycles. The number of rotatable bonds is 7. The van der Waals surface area contributed by atoms with Gasteiger partial charge >= 0.3 is 0 Å². The van der Waals surface area contributed by atoms with E-state index in [1.165, 1.54) is 18.2 Å². The monoisotopic (exact) mass is 548 g/mol. The van der Waals surface area contributed by atoms with E-state index in [1.54, 1.807) is 36.1 Å². The number of amides is 2. The maximum Gasteiger partial charge on any atom is 0.276 e. The van der Waals surface area contributed by atoms with E-state index in [2.05, 4.69) is 25.5 Å². The predicted octanol–water partition coefficient (Wildman–Crippen LogP) is 3.66. The molecule has 0 spiro atoms. The van der Waals surface area contributed by atoms with E-state index in [0.717, 1.165) is 0 Å². The molecule has 2 aromatic carbocycles. The third-order valence-electron chi connectivity index (χ3n) is 6.73. The van der Waals surface area contributed by atoms with Gasteiger partial charge in [0.05, 0.1) is 16.6 Å². The summed E-state index contributed by atoms with van der Waals surface area (Å²) in [6.07, 6.45) is 0.830. The molecule has 0 saturated carbocycles. The van der Waals surface area contributed by atoms with Crippen molar-refractivity contribution in [2.24, 2.45) is 5.92 Å². The first-order chi connectivity index (χ1) is 19.2. The van der Waals surface area contributed by atoms with Crippen LogP contribution in [0.25, 0.3) is 22.5 Å². The number of likely N-dealkylation sites (tertiary alicyclic amines) is 1. The fourth-order valence-electron chi connectivity index (χ4n) is 4.61. The molecular formula is C28H29FN6O5. The Balaban J connectivity index is 1.24. The number of aromatic nitrogens is 4. The molecule has 40 heavy (non-hydrogen) atoms. The van der Waals surface area contributed by atoms with Crippen LogP contribution in [-0.4, -0.2) is 67.2 Å². The molecule has 208 valence electrons. The van der Waals surface area contributed by atoms with Gasteiger partial charge in [-0.2, -0.15) is 0 Å². The minimum absolute atomic E-state index is 0.164. The van der Waals surface area contributed by atoms with Gasteiger partial charge in [0.1, 0.15) is 23.7 Å². The van der Waals surface area contributed by atoms with Crippen molar-refractivity contribution in [2.45, 2.75) is 45.8 Å². The summed E-state index contributed by atoms with van der Waals surface area (Å²) in [5.41, 5.74) is 1.04. The average Bonchev–Trinajstić information content (AvgIpc) is 3.38. The van der Waals surface area contributed by atoms with Crippen LogP contribution >= 0.6 is 0 Å². The topological polar surface area (TPSA) is 144 Å². The molecule has 1 atom stereocenters. The van der Waals surface area contributed by atoms with Crippen LogP contribution in [0.5, 0.6) is 11.6 Å². The molecule has 2 amide bonds. The predicted molar refractivity (Wildman–Crippen MR) is 142 cm³/mol. The van der Waals surface area contributed by atoms with Gasteiger partial charge in [0, 0.05) is 32.9 Å². The summed E-state index contributed by atoms with van der Waals surface area (Å²) in [6, 6.07) is 10.2. The number of ether oxygens (including phenoxy) is 1. The van der Waals surface area contributed by atoms with Gasteiger partial charge in [-0.15, -0.1) is 10.2 Å². The largest absolute Gasteiger partial charge is 0.492 e. The van der Waals surface area contributed by atoms with E-state index in [0.29, 0.717) is 54.2 Å². The smallest absolute Gasteiger partial charge is 0.276 e. The molecule has 4 aromatic rings. The molecule has 1 saturated heterocycles. The summed E-state index contributed by atoms with van der Waals surface area (Å²) in [7, 11) is 0. The molecule has 0 radical (unpaired) electrons. The number of nitrogens with one attached hydrogen (secondary N) is 1. The summed E-state index contributed by atoms with van der Waals surface area (Å²) in [5.74, 6) is -1.16. The molecule has 1 aliphatic rings. The van der Waals surface area contributed by atoms with Gasteiger partial charge in [-0.3, -0.25) is 9.59 Å². The first-order valence-electron chi connectivity index (χ1n) is 13.0. The fraction of sp³-hybridized carbons (Fsp3) is 0.357. The zero-order valence-electron chi connectivity index (χ0n) is 22.3. The second-order valence-corrected chi connectivity index (χ2v) is 9.99. The van der Waals surface area contributed by atoms with E-state index in [4.69, 9.17) is 9.15 Å². The zero-order valence-corrected chi connectivity index (χ0v) is 22.3. The van der Waals surface area contributed by atoms with Gasteiger partial charge in [0.25, 0.3) is 11.8 Å². The molecule has 11 nitrogen and oxygen atoms in total. The van der Waals surface area contributed by atoms with Gasteiger partial charge < -0.3 is 24.5 Å². The van der Waals surface area contributed by atoms with E-state index in [9.17, 15) is 19.1 Å². The molecule has 2 aromatic heterocycles. The van der Waals surface area contributed by atoms with Crippen LogP contribution in [-0.2, 0) is 4.79 Å². The second kappa shape index (κ2) is 11.2. The van der Waals surface area contributed by atoms with E-state index in [-0.39, 0.29) is 29.5 Å². The lowest BCUT2D eigenvalue weighted by molar-refractivity contribution is -0.136. The first-order valence-corrected chi connectivity index (χ1v) is 13.0. The molecule has 12 heteroatoms. The van der Waals surface area contributed by atoms with Crippen molar-refractivity contribution in [3.05, 3.63) is 59.9 Å². The Morgan fingerprint density at radius 2 is 1.80 bits per heavy atom. The third kappa shape index (κ3) is 5.70. The molecule has 5 rings (SSSR count). The van der Waals surface area contributed by atoms with Crippen LogP contribution in [0.15, 0.2) is 46.9 Å². The van der Waals surface area contributed by atoms with Crippen molar-refractivity contribution in [1.29, 1.82) is 0 Å². The van der Waals surface area contributed by atoms with Gasteiger partial charge in [-0.05, 0) is 36.2 Å². The van der Waals surface area contributed by atoms with Gasteiger partial charge in [0.2, 0.25) is 17.7 Å². The Hall–Kier alpha value is -4.61. The maximum atomic E-state index is 13.9. The minimum Gasteiger partial charge on any atom is -0.492 e. The van der Waals surface area contributed by atoms with Crippen LogP contribution in [0, 0.1) is 18.7 Å². The number of nitrogens with zero attached hydrogens (tertiary/aromatic N) is 5. The highest BCUT2D eigenvalue weighted by Crippen LogP contribution is 2.32. The van der Waals surface area contributed by atoms with Crippen molar-refractivity contribution in [3.8, 4) is 23.1 Å². The SMILES string of the molecule is Cc1nnc(-c2cc(F)ccc2OC2CCN(C(=O)[C@@H](NC(=O)c3nc4ccccc4nc3O)C(C)C)CC2)o1. The van der Waals surface area contributed by atoms with Crippen LogP contribution in [0.4, 0.5) is 4.39 Å². The summed E-state index contributed by atoms with van der Waals surface area (Å²) < 4.78 is 25.6. The quantitative estimate of drug-likeness (QED) is 0.354.